The molecule has 0 spiro atoms. The molecule has 0 N–H and O–H groups in total. The molecule has 0 saturated carbocycles. The largest absolute Gasteiger partial charge is 0.340 e. The van der Waals surface area contributed by atoms with Crippen molar-refractivity contribution in [1.29, 1.82) is 0 Å². The fraction of sp³-hybridized carbons (Fsp3) is 0.200. The molecular formula is C10H10N2O4S. The van der Waals surface area contributed by atoms with Gasteiger partial charge in [-0.3, -0.25) is 4.79 Å². The quantitative estimate of drug-likeness (QED) is 0.676. The normalized spacial score (nSPS) is 16.8. The van der Waals surface area contributed by atoms with Crippen LogP contribution in [0.3, 0.4) is 0 Å². The van der Waals surface area contributed by atoms with Crippen molar-refractivity contribution >= 4 is 22.0 Å². The van der Waals surface area contributed by atoms with E-state index < -0.39 is 22.0 Å². The number of carbonyl (C=O) groups excluding carboxylic acids is 2. The smallest absolute Gasteiger partial charge is 0.330 e. The number of carbonyl (C=O) groups is 2. The molecule has 1 aromatic rings. The number of benzene rings is 1. The Morgan fingerprint density at radius 3 is 2.35 bits per heavy atom. The summed E-state index contributed by atoms with van der Waals surface area (Å²) in [4.78, 5) is 24.5. The summed E-state index contributed by atoms with van der Waals surface area (Å²) in [7, 11) is -1.28. The Labute approximate surface area is 98.5 Å². The highest BCUT2D eigenvalue weighted by Crippen LogP contribution is 2.30. The van der Waals surface area contributed by atoms with E-state index >= 15 is 0 Å². The number of nitrogens with zero attached hydrogens (tertiary/aromatic N) is 2. The molecule has 0 bridgehead atoms. The van der Waals surface area contributed by atoms with Crippen LogP contribution in [-0.4, -0.2) is 43.7 Å². The SMILES string of the molecule is CN(C)C(=O)N1C(=O)c2ccccc2S1(=O)=O. The van der Waals surface area contributed by atoms with Crippen molar-refractivity contribution in [3.8, 4) is 0 Å². The Balaban J connectivity index is 2.63. The lowest BCUT2D eigenvalue weighted by atomic mass is 10.2. The van der Waals surface area contributed by atoms with E-state index in [4.69, 9.17) is 0 Å². The third-order valence-electron chi connectivity index (χ3n) is 2.38. The molecule has 0 fully saturated rings. The maximum Gasteiger partial charge on any atom is 0.340 e. The monoisotopic (exact) mass is 254 g/mol. The third kappa shape index (κ3) is 1.50. The first-order valence-electron chi connectivity index (χ1n) is 4.77. The van der Waals surface area contributed by atoms with Crippen molar-refractivity contribution in [3.63, 3.8) is 0 Å². The van der Waals surface area contributed by atoms with Crippen LogP contribution in [0.1, 0.15) is 10.4 Å². The highest BCUT2D eigenvalue weighted by Gasteiger charge is 2.45. The maximum absolute atomic E-state index is 12.0. The van der Waals surface area contributed by atoms with Crippen LogP contribution in [0.25, 0.3) is 0 Å². The predicted octanol–water partition coefficient (Wildman–Crippen LogP) is 0.513. The lowest BCUT2D eigenvalue weighted by Gasteiger charge is -2.17. The van der Waals surface area contributed by atoms with Crippen LogP contribution in [0.15, 0.2) is 29.2 Å². The number of amides is 3. The van der Waals surface area contributed by atoms with Gasteiger partial charge in [-0.25, -0.2) is 13.2 Å². The van der Waals surface area contributed by atoms with Crippen molar-refractivity contribution in [2.24, 2.45) is 0 Å². The molecule has 0 atom stereocenters. The summed E-state index contributed by atoms with van der Waals surface area (Å²) >= 11 is 0. The number of hydrogen-bond acceptors (Lipinski definition) is 4. The van der Waals surface area contributed by atoms with Gasteiger partial charge in [0, 0.05) is 14.1 Å². The van der Waals surface area contributed by atoms with Gasteiger partial charge in [-0.1, -0.05) is 12.1 Å². The van der Waals surface area contributed by atoms with E-state index in [1.54, 1.807) is 6.07 Å². The first kappa shape index (κ1) is 11.6. The molecule has 90 valence electrons. The molecule has 0 radical (unpaired) electrons. The average Bonchev–Trinajstić information content (AvgIpc) is 2.47. The molecule has 3 amide bonds. The second-order valence-electron chi connectivity index (χ2n) is 3.75. The summed E-state index contributed by atoms with van der Waals surface area (Å²) in [5.74, 6) is -0.806. The minimum atomic E-state index is -4.05. The molecule has 1 aliphatic heterocycles. The molecule has 0 unspecified atom stereocenters. The fourth-order valence-corrected chi connectivity index (χ4v) is 3.12. The molecule has 2 rings (SSSR count). The highest BCUT2D eigenvalue weighted by atomic mass is 32.2. The Kier molecular flexibility index (Phi) is 2.43. The molecule has 7 heteroatoms. The Morgan fingerprint density at radius 2 is 1.82 bits per heavy atom. The van der Waals surface area contributed by atoms with Gasteiger partial charge in [-0.15, -0.1) is 4.31 Å². The number of rotatable bonds is 0. The molecule has 1 aromatic carbocycles. The van der Waals surface area contributed by atoms with Gasteiger partial charge in [-0.2, -0.15) is 0 Å². The first-order valence-corrected chi connectivity index (χ1v) is 6.21. The van der Waals surface area contributed by atoms with Crippen molar-refractivity contribution in [1.82, 2.24) is 9.21 Å². The van der Waals surface area contributed by atoms with Crippen molar-refractivity contribution in [2.75, 3.05) is 14.1 Å². The van der Waals surface area contributed by atoms with Gasteiger partial charge in [-0.05, 0) is 12.1 Å². The van der Waals surface area contributed by atoms with Crippen LogP contribution in [0.5, 0.6) is 0 Å². The molecule has 17 heavy (non-hydrogen) atoms. The standard InChI is InChI=1S/C10H10N2O4S/c1-11(2)10(14)12-9(13)7-5-3-4-6-8(7)17(12,15)16/h3-6H,1-2H3. The van der Waals surface area contributed by atoms with Crippen LogP contribution in [0.2, 0.25) is 0 Å². The van der Waals surface area contributed by atoms with Crippen LogP contribution >= 0.6 is 0 Å². The molecule has 0 saturated heterocycles. The van der Waals surface area contributed by atoms with Crippen molar-refractivity contribution in [2.45, 2.75) is 4.90 Å². The summed E-state index contributed by atoms with van der Waals surface area (Å²) in [5.41, 5.74) is 0.0303. The van der Waals surface area contributed by atoms with E-state index in [0.717, 1.165) is 4.90 Å². The maximum atomic E-state index is 12.0. The Hall–Kier alpha value is -1.89. The van der Waals surface area contributed by atoms with E-state index in [1.165, 1.54) is 32.3 Å². The molecule has 0 aliphatic carbocycles. The van der Waals surface area contributed by atoms with E-state index in [2.05, 4.69) is 0 Å². The number of sulfonamides is 1. The second-order valence-corrected chi connectivity index (χ2v) is 5.50. The minimum Gasteiger partial charge on any atom is -0.330 e. The molecule has 1 heterocycles. The van der Waals surface area contributed by atoms with Crippen LogP contribution in [-0.2, 0) is 10.0 Å². The predicted molar refractivity (Wildman–Crippen MR) is 58.9 cm³/mol. The van der Waals surface area contributed by atoms with Gasteiger partial charge in [0.25, 0.3) is 15.9 Å². The third-order valence-corrected chi connectivity index (χ3v) is 4.09. The van der Waals surface area contributed by atoms with E-state index in [-0.39, 0.29) is 14.8 Å². The molecule has 0 aromatic heterocycles. The minimum absolute atomic E-state index is 0.0303. The van der Waals surface area contributed by atoms with Gasteiger partial charge in [0.05, 0.1) is 5.56 Å². The fourth-order valence-electron chi connectivity index (χ4n) is 1.56. The van der Waals surface area contributed by atoms with Crippen LogP contribution in [0, 0.1) is 0 Å². The number of imide groups is 1. The number of urea groups is 1. The lowest BCUT2D eigenvalue weighted by Crippen LogP contribution is -2.42. The van der Waals surface area contributed by atoms with E-state index in [9.17, 15) is 18.0 Å². The van der Waals surface area contributed by atoms with Crippen LogP contribution in [0.4, 0.5) is 4.79 Å². The zero-order valence-electron chi connectivity index (χ0n) is 9.25. The number of hydrogen-bond donors (Lipinski definition) is 0. The zero-order chi connectivity index (χ0) is 12.8. The second kappa shape index (κ2) is 3.56. The van der Waals surface area contributed by atoms with Gasteiger partial charge in [0.15, 0.2) is 0 Å². The molecular weight excluding hydrogens is 244 g/mol. The Bertz CT molecular complexity index is 606. The van der Waals surface area contributed by atoms with E-state index in [0.29, 0.717) is 0 Å². The Morgan fingerprint density at radius 1 is 1.24 bits per heavy atom. The lowest BCUT2D eigenvalue weighted by molar-refractivity contribution is 0.0879. The highest BCUT2D eigenvalue weighted by molar-refractivity contribution is 7.90. The summed E-state index contributed by atoms with van der Waals surface area (Å²) in [6.07, 6.45) is 0. The molecule has 6 nitrogen and oxygen atoms in total. The van der Waals surface area contributed by atoms with Crippen molar-refractivity contribution in [3.05, 3.63) is 29.8 Å². The molecule has 1 aliphatic rings. The summed E-state index contributed by atoms with van der Waals surface area (Å²) in [5, 5.41) is 0. The van der Waals surface area contributed by atoms with Gasteiger partial charge < -0.3 is 4.90 Å². The summed E-state index contributed by atoms with van der Waals surface area (Å²) in [6.45, 7) is 0. The average molecular weight is 254 g/mol. The first-order chi connectivity index (χ1) is 7.87. The topological polar surface area (TPSA) is 74.8 Å². The van der Waals surface area contributed by atoms with Gasteiger partial charge in [0.2, 0.25) is 0 Å². The van der Waals surface area contributed by atoms with Crippen molar-refractivity contribution < 1.29 is 18.0 Å². The zero-order valence-corrected chi connectivity index (χ0v) is 10.1. The van der Waals surface area contributed by atoms with E-state index in [1.807, 2.05) is 0 Å². The van der Waals surface area contributed by atoms with Gasteiger partial charge in [0.1, 0.15) is 4.90 Å². The summed E-state index contributed by atoms with van der Waals surface area (Å²) < 4.78 is 24.3. The van der Waals surface area contributed by atoms with Gasteiger partial charge >= 0.3 is 6.03 Å². The summed E-state index contributed by atoms with van der Waals surface area (Å²) in [6, 6.07) is 4.89. The number of fused-ring (bicyclic) bond motifs is 1. The van der Waals surface area contributed by atoms with Crippen LogP contribution < -0.4 is 0 Å².